The third-order valence-electron chi connectivity index (χ3n) is 5.07. The Kier molecular flexibility index (Phi) is 7.22. The zero-order valence-corrected chi connectivity index (χ0v) is 16.1. The van der Waals surface area contributed by atoms with Gasteiger partial charge in [0.05, 0.1) is 12.2 Å². The molecular formula is C22H29N3O2. The number of para-hydroxylation sites is 1. The maximum Gasteiger partial charge on any atom is 0.261 e. The molecule has 1 aromatic carbocycles. The molecule has 1 aliphatic rings. The number of hydrogen-bond acceptors (Lipinski definition) is 4. The summed E-state index contributed by atoms with van der Waals surface area (Å²) in [6, 6.07) is 14.0. The smallest absolute Gasteiger partial charge is 0.261 e. The topological polar surface area (TPSA) is 54.5 Å². The standard InChI is InChI=1S/C22H29N3O2/c1-2-18-8-3-4-11-21(18)27-17-22(26)25(16-19-9-5-6-14-24-19)20-10-7-13-23-15-12-20/h3-6,8-9,11,14,20,23H,2,7,10,12-13,15-17H2,1H3. The van der Waals surface area contributed by atoms with Crippen molar-refractivity contribution in [1.82, 2.24) is 15.2 Å². The second-order valence-electron chi connectivity index (χ2n) is 6.93. The van der Waals surface area contributed by atoms with Crippen LogP contribution >= 0.6 is 0 Å². The molecule has 27 heavy (non-hydrogen) atoms. The van der Waals surface area contributed by atoms with Crippen LogP contribution in [0.4, 0.5) is 0 Å². The van der Waals surface area contributed by atoms with E-state index < -0.39 is 0 Å². The molecule has 1 fully saturated rings. The summed E-state index contributed by atoms with van der Waals surface area (Å²) in [6.07, 6.45) is 5.72. The Morgan fingerprint density at radius 1 is 1.19 bits per heavy atom. The van der Waals surface area contributed by atoms with Crippen molar-refractivity contribution in [3.8, 4) is 5.75 Å². The Morgan fingerprint density at radius 2 is 2.04 bits per heavy atom. The van der Waals surface area contributed by atoms with Crippen molar-refractivity contribution in [1.29, 1.82) is 0 Å². The number of carbonyl (C=O) groups is 1. The van der Waals surface area contributed by atoms with Crippen LogP contribution < -0.4 is 10.1 Å². The van der Waals surface area contributed by atoms with Gasteiger partial charge in [-0.1, -0.05) is 31.2 Å². The van der Waals surface area contributed by atoms with E-state index in [0.29, 0.717) is 6.54 Å². The molecule has 1 amide bonds. The number of nitrogens with one attached hydrogen (secondary N) is 1. The van der Waals surface area contributed by atoms with Gasteiger partial charge in [-0.05, 0) is 62.5 Å². The normalized spacial score (nSPS) is 17.1. The molecule has 0 bridgehead atoms. The van der Waals surface area contributed by atoms with Gasteiger partial charge in [-0.3, -0.25) is 9.78 Å². The number of nitrogens with zero attached hydrogens (tertiary/aromatic N) is 2. The summed E-state index contributed by atoms with van der Waals surface area (Å²) in [5.74, 6) is 0.826. The molecule has 1 saturated heterocycles. The zero-order valence-electron chi connectivity index (χ0n) is 16.1. The van der Waals surface area contributed by atoms with Crippen molar-refractivity contribution in [2.24, 2.45) is 0 Å². The Morgan fingerprint density at radius 3 is 2.85 bits per heavy atom. The van der Waals surface area contributed by atoms with E-state index in [1.54, 1.807) is 6.20 Å². The van der Waals surface area contributed by atoms with Crippen LogP contribution in [0, 0.1) is 0 Å². The summed E-state index contributed by atoms with van der Waals surface area (Å²) in [4.78, 5) is 19.5. The molecule has 1 aromatic heterocycles. The minimum Gasteiger partial charge on any atom is -0.483 e. The van der Waals surface area contributed by atoms with Crippen LogP contribution in [0.1, 0.15) is 37.4 Å². The zero-order chi connectivity index (χ0) is 18.9. The van der Waals surface area contributed by atoms with Crippen LogP contribution in [0.25, 0.3) is 0 Å². The van der Waals surface area contributed by atoms with Crippen LogP contribution in [0.3, 0.4) is 0 Å². The predicted octanol–water partition coefficient (Wildman–Crippen LogP) is 3.19. The van der Waals surface area contributed by atoms with Gasteiger partial charge in [0.1, 0.15) is 5.75 Å². The molecule has 0 aliphatic carbocycles. The van der Waals surface area contributed by atoms with E-state index in [9.17, 15) is 4.79 Å². The van der Waals surface area contributed by atoms with Gasteiger partial charge in [-0.2, -0.15) is 0 Å². The first-order valence-corrected chi connectivity index (χ1v) is 9.88. The van der Waals surface area contributed by atoms with Crippen molar-refractivity contribution in [3.05, 3.63) is 59.9 Å². The Hall–Kier alpha value is -2.40. The molecule has 1 aliphatic heterocycles. The van der Waals surface area contributed by atoms with Crippen molar-refractivity contribution < 1.29 is 9.53 Å². The average Bonchev–Trinajstić information content (AvgIpc) is 3.00. The van der Waals surface area contributed by atoms with Crippen LogP contribution in [-0.2, 0) is 17.8 Å². The summed E-state index contributed by atoms with van der Waals surface area (Å²) in [6.45, 7) is 4.64. The van der Waals surface area contributed by atoms with Crippen molar-refractivity contribution >= 4 is 5.91 Å². The summed E-state index contributed by atoms with van der Waals surface area (Å²) >= 11 is 0. The lowest BCUT2D eigenvalue weighted by Crippen LogP contribution is -2.43. The Labute approximate surface area is 161 Å². The highest BCUT2D eigenvalue weighted by molar-refractivity contribution is 5.78. The number of amides is 1. The lowest BCUT2D eigenvalue weighted by atomic mass is 10.1. The van der Waals surface area contributed by atoms with E-state index in [0.717, 1.165) is 55.8 Å². The largest absolute Gasteiger partial charge is 0.483 e. The molecule has 1 N–H and O–H groups in total. The second-order valence-corrected chi connectivity index (χ2v) is 6.93. The first-order chi connectivity index (χ1) is 13.3. The molecule has 2 heterocycles. The predicted molar refractivity (Wildman–Crippen MR) is 107 cm³/mol. The summed E-state index contributed by atoms with van der Waals surface area (Å²) in [7, 11) is 0. The molecule has 5 heteroatoms. The summed E-state index contributed by atoms with van der Waals surface area (Å²) < 4.78 is 5.90. The molecule has 0 saturated carbocycles. The number of aromatic nitrogens is 1. The molecule has 0 spiro atoms. The lowest BCUT2D eigenvalue weighted by molar-refractivity contribution is -0.136. The first kappa shape index (κ1) is 19.4. The van der Waals surface area contributed by atoms with Gasteiger partial charge in [-0.15, -0.1) is 0 Å². The van der Waals surface area contributed by atoms with E-state index in [1.807, 2.05) is 47.4 Å². The van der Waals surface area contributed by atoms with E-state index in [1.165, 1.54) is 0 Å². The van der Waals surface area contributed by atoms with Gasteiger partial charge in [0, 0.05) is 12.2 Å². The Balaban J connectivity index is 1.71. The van der Waals surface area contributed by atoms with Gasteiger partial charge in [0.25, 0.3) is 5.91 Å². The molecule has 3 rings (SSSR count). The quantitative estimate of drug-likeness (QED) is 0.817. The SMILES string of the molecule is CCc1ccccc1OCC(=O)N(Cc1ccccn1)C1CCCNCC1. The van der Waals surface area contributed by atoms with Crippen LogP contribution in [0.2, 0.25) is 0 Å². The maximum atomic E-state index is 13.1. The highest BCUT2D eigenvalue weighted by Gasteiger charge is 2.25. The van der Waals surface area contributed by atoms with Crippen molar-refractivity contribution in [2.75, 3.05) is 19.7 Å². The number of ether oxygens (including phenoxy) is 1. The highest BCUT2D eigenvalue weighted by atomic mass is 16.5. The van der Waals surface area contributed by atoms with Crippen LogP contribution in [-0.4, -0.2) is 41.5 Å². The third kappa shape index (κ3) is 5.54. The van der Waals surface area contributed by atoms with E-state index >= 15 is 0 Å². The number of carbonyl (C=O) groups excluding carboxylic acids is 1. The second kappa shape index (κ2) is 10.1. The number of pyridine rings is 1. The lowest BCUT2D eigenvalue weighted by Gasteiger charge is -2.31. The van der Waals surface area contributed by atoms with Gasteiger partial charge in [0.15, 0.2) is 6.61 Å². The van der Waals surface area contributed by atoms with E-state index in [2.05, 4.69) is 17.2 Å². The van der Waals surface area contributed by atoms with Gasteiger partial charge in [0.2, 0.25) is 0 Å². The van der Waals surface area contributed by atoms with E-state index in [-0.39, 0.29) is 18.6 Å². The number of hydrogen-bond donors (Lipinski definition) is 1. The molecule has 5 nitrogen and oxygen atoms in total. The molecular weight excluding hydrogens is 338 g/mol. The number of aryl methyl sites for hydroxylation is 1. The molecule has 0 radical (unpaired) electrons. The highest BCUT2D eigenvalue weighted by Crippen LogP contribution is 2.20. The molecule has 1 unspecified atom stereocenters. The molecule has 144 valence electrons. The fourth-order valence-electron chi connectivity index (χ4n) is 3.56. The van der Waals surface area contributed by atoms with Crippen molar-refractivity contribution in [3.63, 3.8) is 0 Å². The van der Waals surface area contributed by atoms with Crippen LogP contribution in [0.15, 0.2) is 48.7 Å². The monoisotopic (exact) mass is 367 g/mol. The third-order valence-corrected chi connectivity index (χ3v) is 5.07. The summed E-state index contributed by atoms with van der Waals surface area (Å²) in [5.41, 5.74) is 2.04. The fourth-order valence-corrected chi connectivity index (χ4v) is 3.56. The van der Waals surface area contributed by atoms with Gasteiger partial charge >= 0.3 is 0 Å². The number of benzene rings is 1. The maximum absolute atomic E-state index is 13.1. The van der Waals surface area contributed by atoms with Crippen LogP contribution in [0.5, 0.6) is 5.75 Å². The molecule has 1 atom stereocenters. The van der Waals surface area contributed by atoms with Gasteiger partial charge < -0.3 is 15.0 Å². The van der Waals surface area contributed by atoms with Crippen molar-refractivity contribution in [2.45, 2.75) is 45.2 Å². The average molecular weight is 367 g/mol. The Bertz CT molecular complexity index is 713. The van der Waals surface area contributed by atoms with E-state index in [4.69, 9.17) is 4.74 Å². The first-order valence-electron chi connectivity index (χ1n) is 9.88. The van der Waals surface area contributed by atoms with Gasteiger partial charge in [-0.25, -0.2) is 0 Å². The fraction of sp³-hybridized carbons (Fsp3) is 0.455. The minimum atomic E-state index is 0.0264. The minimum absolute atomic E-state index is 0.0264. The number of rotatable bonds is 7. The molecule has 2 aromatic rings. The summed E-state index contributed by atoms with van der Waals surface area (Å²) in [5, 5.41) is 3.42.